The lowest BCUT2D eigenvalue weighted by Gasteiger charge is -2.20. The fourth-order valence-corrected chi connectivity index (χ4v) is 4.39. The summed E-state index contributed by atoms with van der Waals surface area (Å²) in [4.78, 5) is 18.6. The Bertz CT molecular complexity index is 879. The van der Waals surface area contributed by atoms with Crippen molar-refractivity contribution in [2.24, 2.45) is 0 Å². The molecule has 0 aliphatic heterocycles. The first-order chi connectivity index (χ1) is 13.0. The number of carbonyl (C=O) groups is 1. The Morgan fingerprint density at radius 2 is 1.78 bits per heavy atom. The number of aromatic nitrogens is 1. The maximum atomic E-state index is 12.7. The molecule has 0 spiro atoms. The highest BCUT2D eigenvalue weighted by Gasteiger charge is 2.22. The van der Waals surface area contributed by atoms with Gasteiger partial charge in [0.25, 0.3) is 5.91 Å². The molecule has 0 aliphatic carbocycles. The van der Waals surface area contributed by atoms with Crippen LogP contribution in [0.4, 0.5) is 5.69 Å². The number of hydrogen-bond donors (Lipinski definition) is 2. The molecule has 2 atom stereocenters. The van der Waals surface area contributed by atoms with Gasteiger partial charge in [-0.05, 0) is 43.0 Å². The van der Waals surface area contributed by atoms with Gasteiger partial charge in [0, 0.05) is 5.69 Å². The van der Waals surface area contributed by atoms with Crippen molar-refractivity contribution in [3.05, 3.63) is 58.6 Å². The van der Waals surface area contributed by atoms with E-state index in [1.807, 2.05) is 18.2 Å². The maximum Gasteiger partial charge on any atom is 0.279 e. The molecule has 142 valence electrons. The van der Waals surface area contributed by atoms with Crippen LogP contribution in [0.1, 0.15) is 42.9 Å². The quantitative estimate of drug-likeness (QED) is 0.655. The van der Waals surface area contributed by atoms with Crippen LogP contribution in [0.25, 0.3) is 10.2 Å². The largest absolute Gasteiger partial charge is 0.322 e. The fraction of sp³-hybridized carbons (Fsp3) is 0.364. The lowest BCUT2D eigenvalue weighted by atomic mass is 10.0. The summed E-state index contributed by atoms with van der Waals surface area (Å²) < 4.78 is 1.20. The van der Waals surface area contributed by atoms with E-state index in [0.717, 1.165) is 34.0 Å². The number of rotatable bonds is 7. The lowest BCUT2D eigenvalue weighted by molar-refractivity contribution is -0.902. The summed E-state index contributed by atoms with van der Waals surface area (Å²) in [6.07, 6.45) is 1.82. The van der Waals surface area contributed by atoms with E-state index in [9.17, 15) is 4.79 Å². The Morgan fingerprint density at radius 3 is 2.41 bits per heavy atom. The van der Waals surface area contributed by atoms with Crippen LogP contribution in [0, 0.1) is 0 Å². The van der Waals surface area contributed by atoms with Crippen molar-refractivity contribution in [1.29, 1.82) is 0 Å². The van der Waals surface area contributed by atoms with Gasteiger partial charge in [-0.3, -0.25) is 4.79 Å². The SMILES string of the molecule is CCc1cccc(CC)c1NC(=O)C[NH+](C)[C@H](C)c1nc2ccccc2s1. The number of aryl methyl sites for hydroxylation is 2. The van der Waals surface area contributed by atoms with E-state index in [1.165, 1.54) is 15.8 Å². The minimum atomic E-state index is 0.0519. The molecule has 3 aromatic rings. The Morgan fingerprint density at radius 1 is 1.11 bits per heavy atom. The molecule has 1 aromatic heterocycles. The molecule has 5 heteroatoms. The van der Waals surface area contributed by atoms with Gasteiger partial charge < -0.3 is 10.2 Å². The number of fused-ring (bicyclic) bond motifs is 1. The van der Waals surface area contributed by atoms with Crippen molar-refractivity contribution in [1.82, 2.24) is 4.98 Å². The van der Waals surface area contributed by atoms with Gasteiger partial charge >= 0.3 is 0 Å². The zero-order valence-electron chi connectivity index (χ0n) is 16.5. The molecule has 1 heterocycles. The van der Waals surface area contributed by atoms with E-state index in [4.69, 9.17) is 4.98 Å². The lowest BCUT2D eigenvalue weighted by Crippen LogP contribution is -3.10. The minimum absolute atomic E-state index is 0.0519. The van der Waals surface area contributed by atoms with Gasteiger partial charge in [-0.15, -0.1) is 11.3 Å². The topological polar surface area (TPSA) is 46.4 Å². The van der Waals surface area contributed by atoms with Crippen LogP contribution in [-0.4, -0.2) is 24.5 Å². The van der Waals surface area contributed by atoms with Crippen molar-refractivity contribution >= 4 is 33.1 Å². The van der Waals surface area contributed by atoms with Crippen LogP contribution in [-0.2, 0) is 17.6 Å². The molecule has 0 saturated heterocycles. The number of quaternary nitrogens is 1. The van der Waals surface area contributed by atoms with Gasteiger partial charge in [0.1, 0.15) is 6.04 Å². The van der Waals surface area contributed by atoms with E-state index in [0.29, 0.717) is 6.54 Å². The second kappa shape index (κ2) is 8.63. The van der Waals surface area contributed by atoms with Crippen LogP contribution < -0.4 is 10.2 Å². The van der Waals surface area contributed by atoms with Crippen LogP contribution >= 0.6 is 11.3 Å². The smallest absolute Gasteiger partial charge is 0.279 e. The number of anilines is 1. The predicted octanol–water partition coefficient (Wildman–Crippen LogP) is 3.64. The Hall–Kier alpha value is -2.24. The molecule has 1 unspecified atom stereocenters. The van der Waals surface area contributed by atoms with Gasteiger partial charge in [-0.2, -0.15) is 0 Å². The average molecular weight is 383 g/mol. The minimum Gasteiger partial charge on any atom is -0.322 e. The summed E-state index contributed by atoms with van der Waals surface area (Å²) in [5.41, 5.74) is 4.41. The molecule has 0 fully saturated rings. The average Bonchev–Trinajstić information content (AvgIpc) is 3.11. The number of para-hydroxylation sites is 2. The number of carbonyl (C=O) groups excluding carboxylic acids is 1. The summed E-state index contributed by atoms with van der Waals surface area (Å²) in [6.45, 7) is 6.80. The zero-order chi connectivity index (χ0) is 19.4. The van der Waals surface area contributed by atoms with E-state index in [1.54, 1.807) is 11.3 Å². The van der Waals surface area contributed by atoms with Crippen LogP contribution in [0.2, 0.25) is 0 Å². The van der Waals surface area contributed by atoms with Crippen molar-refractivity contribution in [2.75, 3.05) is 18.9 Å². The molecule has 0 radical (unpaired) electrons. The number of likely N-dealkylation sites (N-methyl/N-ethyl adjacent to an activating group) is 1. The number of hydrogen-bond acceptors (Lipinski definition) is 3. The fourth-order valence-electron chi connectivity index (χ4n) is 3.28. The summed E-state index contributed by atoms with van der Waals surface area (Å²) >= 11 is 1.71. The molecule has 3 rings (SSSR count). The van der Waals surface area contributed by atoms with E-state index in [2.05, 4.69) is 57.4 Å². The molecule has 4 nitrogen and oxygen atoms in total. The van der Waals surface area contributed by atoms with Crippen LogP contribution in [0.3, 0.4) is 0 Å². The van der Waals surface area contributed by atoms with E-state index < -0.39 is 0 Å². The van der Waals surface area contributed by atoms with Crippen molar-refractivity contribution in [2.45, 2.75) is 39.7 Å². The highest BCUT2D eigenvalue weighted by molar-refractivity contribution is 7.18. The monoisotopic (exact) mass is 382 g/mol. The third kappa shape index (κ3) is 4.37. The Labute approximate surface area is 165 Å². The summed E-state index contributed by atoms with van der Waals surface area (Å²) in [6, 6.07) is 14.6. The van der Waals surface area contributed by atoms with Crippen molar-refractivity contribution in [3.63, 3.8) is 0 Å². The van der Waals surface area contributed by atoms with Gasteiger partial charge in [0.05, 0.1) is 17.3 Å². The molecule has 2 aromatic carbocycles. The van der Waals surface area contributed by atoms with Crippen molar-refractivity contribution in [3.8, 4) is 0 Å². The molecule has 1 amide bonds. The molecule has 2 N–H and O–H groups in total. The second-order valence-electron chi connectivity index (χ2n) is 6.97. The maximum absolute atomic E-state index is 12.7. The standard InChI is InChI=1S/C22H27N3OS/c1-5-16-10-9-11-17(6-2)21(16)24-20(26)14-25(4)15(3)22-23-18-12-7-8-13-19(18)27-22/h7-13,15H,5-6,14H2,1-4H3,(H,24,26)/p+1/t15-/m1/s1. The van der Waals surface area contributed by atoms with E-state index >= 15 is 0 Å². The molecule has 27 heavy (non-hydrogen) atoms. The van der Waals surface area contributed by atoms with Gasteiger partial charge in [0.2, 0.25) is 0 Å². The molecule has 0 saturated carbocycles. The summed E-state index contributed by atoms with van der Waals surface area (Å²) in [5, 5.41) is 4.24. The molecular weight excluding hydrogens is 354 g/mol. The molecule has 0 aliphatic rings. The first kappa shape index (κ1) is 19.5. The van der Waals surface area contributed by atoms with E-state index in [-0.39, 0.29) is 11.9 Å². The van der Waals surface area contributed by atoms with Crippen molar-refractivity contribution < 1.29 is 9.69 Å². The third-order valence-corrected chi connectivity index (χ3v) is 6.34. The Balaban J connectivity index is 1.70. The molecular formula is C22H28N3OS+. The summed E-state index contributed by atoms with van der Waals surface area (Å²) in [7, 11) is 2.06. The first-order valence-electron chi connectivity index (χ1n) is 9.61. The number of benzene rings is 2. The number of nitrogens with zero attached hydrogens (tertiary/aromatic N) is 1. The second-order valence-corrected chi connectivity index (χ2v) is 8.03. The normalized spacial score (nSPS) is 13.5. The van der Waals surface area contributed by atoms with Crippen LogP contribution in [0.15, 0.2) is 42.5 Å². The summed E-state index contributed by atoms with van der Waals surface area (Å²) in [5.74, 6) is 0.0519. The third-order valence-electron chi connectivity index (χ3n) is 5.12. The number of thiazole rings is 1. The highest BCUT2D eigenvalue weighted by Crippen LogP contribution is 2.25. The Kier molecular flexibility index (Phi) is 6.24. The van der Waals surface area contributed by atoms with Crippen LogP contribution in [0.5, 0.6) is 0 Å². The van der Waals surface area contributed by atoms with Gasteiger partial charge in [0.15, 0.2) is 11.6 Å². The predicted molar refractivity (Wildman–Crippen MR) is 114 cm³/mol. The van der Waals surface area contributed by atoms with Gasteiger partial charge in [-0.1, -0.05) is 44.2 Å². The number of amides is 1. The first-order valence-corrected chi connectivity index (χ1v) is 10.4. The highest BCUT2D eigenvalue weighted by atomic mass is 32.1. The number of nitrogens with one attached hydrogen (secondary N) is 2. The molecule has 0 bridgehead atoms. The zero-order valence-corrected chi connectivity index (χ0v) is 17.3. The van der Waals surface area contributed by atoms with Gasteiger partial charge in [-0.25, -0.2) is 4.98 Å².